The number of hydrogen-bond acceptors (Lipinski definition) is 7. The molecule has 28 heavy (non-hydrogen) atoms. The summed E-state index contributed by atoms with van der Waals surface area (Å²) in [5.74, 6) is -0.806. The molecule has 0 atom stereocenters. The Balaban J connectivity index is 2.04. The van der Waals surface area contributed by atoms with E-state index in [1.54, 1.807) is 20.9 Å². The van der Waals surface area contributed by atoms with Crippen molar-refractivity contribution in [3.63, 3.8) is 0 Å². The van der Waals surface area contributed by atoms with Crippen molar-refractivity contribution in [3.8, 4) is 0 Å². The summed E-state index contributed by atoms with van der Waals surface area (Å²) < 4.78 is 6.56. The number of thiophene rings is 2. The maximum absolute atomic E-state index is 13.0. The SMILES string of the molecule is CCOC(=O)c1c(NC(=O)c2sc3ncn(C)c(=O)c3c2C)sc(C)c1CC. The summed E-state index contributed by atoms with van der Waals surface area (Å²) in [4.78, 5) is 43.9. The fourth-order valence-corrected chi connectivity index (χ4v) is 5.26. The molecule has 0 fully saturated rings. The quantitative estimate of drug-likeness (QED) is 0.638. The van der Waals surface area contributed by atoms with Crippen LogP contribution in [0.1, 0.15) is 49.9 Å². The molecule has 0 aliphatic heterocycles. The highest BCUT2D eigenvalue weighted by Gasteiger charge is 2.25. The molecule has 1 N–H and O–H groups in total. The van der Waals surface area contributed by atoms with Crippen molar-refractivity contribution in [2.75, 3.05) is 11.9 Å². The molecule has 0 unspecified atom stereocenters. The molecule has 3 heterocycles. The average molecular weight is 420 g/mol. The third kappa shape index (κ3) is 3.35. The van der Waals surface area contributed by atoms with Crippen molar-refractivity contribution < 1.29 is 14.3 Å². The fourth-order valence-electron chi connectivity index (χ4n) is 3.10. The number of rotatable bonds is 5. The lowest BCUT2D eigenvalue weighted by Gasteiger charge is -2.07. The number of anilines is 1. The lowest BCUT2D eigenvalue weighted by molar-refractivity contribution is 0.0527. The van der Waals surface area contributed by atoms with Gasteiger partial charge >= 0.3 is 5.97 Å². The fraction of sp³-hybridized carbons (Fsp3) is 0.368. The third-order valence-electron chi connectivity index (χ3n) is 4.49. The molecule has 0 aliphatic carbocycles. The second-order valence-electron chi connectivity index (χ2n) is 6.27. The minimum absolute atomic E-state index is 0.190. The van der Waals surface area contributed by atoms with E-state index in [1.165, 1.54) is 33.6 Å². The number of carbonyl (C=O) groups is 2. The van der Waals surface area contributed by atoms with Gasteiger partial charge in [-0.2, -0.15) is 0 Å². The van der Waals surface area contributed by atoms with Crippen LogP contribution in [0.25, 0.3) is 10.2 Å². The summed E-state index contributed by atoms with van der Waals surface area (Å²) >= 11 is 2.52. The molecule has 0 aromatic carbocycles. The van der Waals surface area contributed by atoms with E-state index in [1.807, 2.05) is 13.8 Å². The van der Waals surface area contributed by atoms with Crippen LogP contribution in [0.15, 0.2) is 11.1 Å². The smallest absolute Gasteiger partial charge is 0.341 e. The molecule has 7 nitrogen and oxygen atoms in total. The molecular weight excluding hydrogens is 398 g/mol. The van der Waals surface area contributed by atoms with Crippen LogP contribution in [0.5, 0.6) is 0 Å². The molecule has 0 aliphatic rings. The van der Waals surface area contributed by atoms with E-state index in [-0.39, 0.29) is 18.1 Å². The molecule has 3 aromatic heterocycles. The van der Waals surface area contributed by atoms with Crippen molar-refractivity contribution >= 4 is 49.8 Å². The predicted molar refractivity (Wildman–Crippen MR) is 112 cm³/mol. The Morgan fingerprint density at radius 2 is 1.96 bits per heavy atom. The molecular formula is C19H21N3O4S2. The third-order valence-corrected chi connectivity index (χ3v) is 6.75. The maximum Gasteiger partial charge on any atom is 0.341 e. The van der Waals surface area contributed by atoms with Gasteiger partial charge in [0.25, 0.3) is 11.5 Å². The zero-order valence-corrected chi connectivity index (χ0v) is 18.0. The summed E-state index contributed by atoms with van der Waals surface area (Å²) in [5, 5.41) is 3.76. The first-order valence-corrected chi connectivity index (χ1v) is 10.5. The second-order valence-corrected chi connectivity index (χ2v) is 8.49. The number of ether oxygens (including phenoxy) is 1. The van der Waals surface area contributed by atoms with Crippen LogP contribution in [0.4, 0.5) is 5.00 Å². The first-order chi connectivity index (χ1) is 13.3. The molecule has 3 aromatic rings. The van der Waals surface area contributed by atoms with Crippen LogP contribution in [0, 0.1) is 13.8 Å². The molecule has 148 valence electrons. The van der Waals surface area contributed by atoms with Crippen molar-refractivity contribution in [3.05, 3.63) is 43.1 Å². The molecule has 0 saturated carbocycles. The number of fused-ring (bicyclic) bond motifs is 1. The van der Waals surface area contributed by atoms with Crippen molar-refractivity contribution in [2.24, 2.45) is 7.05 Å². The number of nitrogens with zero attached hydrogens (tertiary/aromatic N) is 2. The Labute approximate surface area is 170 Å². The number of hydrogen-bond donors (Lipinski definition) is 1. The summed E-state index contributed by atoms with van der Waals surface area (Å²) in [6.07, 6.45) is 2.10. The monoisotopic (exact) mass is 419 g/mol. The van der Waals surface area contributed by atoms with E-state index in [2.05, 4.69) is 10.3 Å². The molecule has 9 heteroatoms. The molecule has 0 bridgehead atoms. The number of amides is 1. The predicted octanol–water partition coefficient (Wildman–Crippen LogP) is 3.66. The number of nitrogens with one attached hydrogen (secondary N) is 1. The standard InChI is InChI=1S/C19H21N3O4S2/c1-6-11-10(4)27-17(13(11)19(25)26-7-2)21-15(23)14-9(3)12-16(28-14)20-8-22(5)18(12)24/h8H,6-7H2,1-5H3,(H,21,23). The van der Waals surface area contributed by atoms with Crippen molar-refractivity contribution in [1.82, 2.24) is 9.55 Å². The Bertz CT molecular complexity index is 1140. The van der Waals surface area contributed by atoms with Crippen LogP contribution < -0.4 is 10.9 Å². The highest BCUT2D eigenvalue weighted by molar-refractivity contribution is 7.21. The van der Waals surface area contributed by atoms with Gasteiger partial charge in [0.1, 0.15) is 9.83 Å². The molecule has 3 rings (SSSR count). The minimum atomic E-state index is -0.442. The van der Waals surface area contributed by atoms with E-state index in [0.29, 0.717) is 37.6 Å². The van der Waals surface area contributed by atoms with E-state index in [0.717, 1.165) is 10.4 Å². The van der Waals surface area contributed by atoms with Crippen LogP contribution >= 0.6 is 22.7 Å². The zero-order valence-electron chi connectivity index (χ0n) is 16.3. The van der Waals surface area contributed by atoms with Gasteiger partial charge in [-0.15, -0.1) is 22.7 Å². The van der Waals surface area contributed by atoms with Gasteiger partial charge < -0.3 is 14.6 Å². The summed E-state index contributed by atoms with van der Waals surface area (Å²) in [5.41, 5.74) is 1.69. The van der Waals surface area contributed by atoms with Crippen LogP contribution in [0.3, 0.4) is 0 Å². The summed E-state index contributed by atoms with van der Waals surface area (Å²) in [7, 11) is 1.62. The van der Waals surface area contributed by atoms with E-state index < -0.39 is 5.97 Å². The van der Waals surface area contributed by atoms with Gasteiger partial charge in [0.05, 0.1) is 28.8 Å². The first kappa shape index (κ1) is 20.2. The zero-order chi connectivity index (χ0) is 20.6. The van der Waals surface area contributed by atoms with Gasteiger partial charge in [0.15, 0.2) is 0 Å². The molecule has 0 saturated heterocycles. The minimum Gasteiger partial charge on any atom is -0.462 e. The van der Waals surface area contributed by atoms with Crippen molar-refractivity contribution in [2.45, 2.75) is 34.1 Å². The number of carbonyl (C=O) groups excluding carboxylic acids is 2. The molecule has 1 amide bonds. The van der Waals surface area contributed by atoms with Crippen LogP contribution in [0.2, 0.25) is 0 Å². The molecule has 0 spiro atoms. The van der Waals surface area contributed by atoms with Gasteiger partial charge in [0.2, 0.25) is 0 Å². The van der Waals surface area contributed by atoms with Crippen molar-refractivity contribution in [1.29, 1.82) is 0 Å². The number of aromatic nitrogens is 2. The largest absolute Gasteiger partial charge is 0.462 e. The highest BCUT2D eigenvalue weighted by atomic mass is 32.1. The van der Waals surface area contributed by atoms with Gasteiger partial charge in [-0.3, -0.25) is 9.59 Å². The van der Waals surface area contributed by atoms with E-state index in [9.17, 15) is 14.4 Å². The maximum atomic E-state index is 13.0. The van der Waals surface area contributed by atoms with Gasteiger partial charge in [-0.05, 0) is 38.3 Å². The first-order valence-electron chi connectivity index (χ1n) is 8.85. The average Bonchev–Trinajstić information content (AvgIpc) is 3.15. The summed E-state index contributed by atoms with van der Waals surface area (Å²) in [6, 6.07) is 0. The summed E-state index contributed by atoms with van der Waals surface area (Å²) in [6.45, 7) is 7.62. The Morgan fingerprint density at radius 1 is 1.25 bits per heavy atom. The van der Waals surface area contributed by atoms with Gasteiger partial charge in [-0.1, -0.05) is 6.92 Å². The lowest BCUT2D eigenvalue weighted by atomic mass is 10.1. The van der Waals surface area contributed by atoms with Crippen LogP contribution in [-0.2, 0) is 18.2 Å². The van der Waals surface area contributed by atoms with Gasteiger partial charge in [-0.25, -0.2) is 9.78 Å². The highest BCUT2D eigenvalue weighted by Crippen LogP contribution is 2.35. The number of aryl methyl sites for hydroxylation is 3. The topological polar surface area (TPSA) is 90.3 Å². The molecule has 0 radical (unpaired) electrons. The van der Waals surface area contributed by atoms with E-state index in [4.69, 9.17) is 4.74 Å². The second kappa shape index (κ2) is 7.84. The number of esters is 1. The normalized spacial score (nSPS) is 11.0. The van der Waals surface area contributed by atoms with Crippen LogP contribution in [-0.4, -0.2) is 28.0 Å². The Morgan fingerprint density at radius 3 is 2.61 bits per heavy atom. The Kier molecular flexibility index (Phi) is 5.66. The van der Waals surface area contributed by atoms with Gasteiger partial charge in [0, 0.05) is 11.9 Å². The lowest BCUT2D eigenvalue weighted by Crippen LogP contribution is -2.17. The Hall–Kier alpha value is -2.52. The van der Waals surface area contributed by atoms with E-state index >= 15 is 0 Å².